The van der Waals surface area contributed by atoms with Crippen LogP contribution in [0.3, 0.4) is 0 Å². The van der Waals surface area contributed by atoms with Crippen LogP contribution < -0.4 is 4.72 Å². The van der Waals surface area contributed by atoms with Crippen LogP contribution >= 0.6 is 11.6 Å². The van der Waals surface area contributed by atoms with E-state index in [0.717, 1.165) is 31.5 Å². The van der Waals surface area contributed by atoms with Gasteiger partial charge in [0.15, 0.2) is 0 Å². The number of alkyl halides is 1. The van der Waals surface area contributed by atoms with Crippen molar-refractivity contribution in [3.63, 3.8) is 0 Å². The average molecular weight is 277 g/mol. The number of rotatable bonds is 6. The molecule has 0 saturated heterocycles. The maximum atomic E-state index is 12.0. The minimum Gasteiger partial charge on any atom is -0.349 e. The van der Waals surface area contributed by atoms with Crippen molar-refractivity contribution in [1.29, 1.82) is 0 Å². The maximum Gasteiger partial charge on any atom is 0.242 e. The third kappa shape index (κ3) is 3.03. The van der Waals surface area contributed by atoms with Gasteiger partial charge in [-0.25, -0.2) is 13.1 Å². The lowest BCUT2D eigenvalue weighted by Gasteiger charge is -2.03. The van der Waals surface area contributed by atoms with Gasteiger partial charge in [-0.2, -0.15) is 0 Å². The van der Waals surface area contributed by atoms with E-state index in [9.17, 15) is 8.42 Å². The molecule has 6 heteroatoms. The molecule has 4 nitrogen and oxygen atoms in total. The van der Waals surface area contributed by atoms with Crippen LogP contribution in [0, 0.1) is 0 Å². The van der Waals surface area contributed by atoms with E-state index in [-0.39, 0.29) is 6.04 Å². The molecule has 2 rings (SSSR count). The van der Waals surface area contributed by atoms with E-state index < -0.39 is 10.0 Å². The molecule has 1 heterocycles. The van der Waals surface area contributed by atoms with Gasteiger partial charge in [-0.15, -0.1) is 11.6 Å². The third-order valence-electron chi connectivity index (χ3n) is 2.77. The van der Waals surface area contributed by atoms with E-state index in [2.05, 4.69) is 11.6 Å². The summed E-state index contributed by atoms with van der Waals surface area (Å²) in [6.07, 6.45) is 4.51. The Kier molecular flexibility index (Phi) is 3.80. The summed E-state index contributed by atoms with van der Waals surface area (Å²) in [6.45, 7) is 2.84. The smallest absolute Gasteiger partial charge is 0.242 e. The minimum atomic E-state index is -3.36. The summed E-state index contributed by atoms with van der Waals surface area (Å²) in [6, 6.07) is 1.79. The largest absolute Gasteiger partial charge is 0.349 e. The predicted molar refractivity (Wildman–Crippen MR) is 67.6 cm³/mol. The van der Waals surface area contributed by atoms with Crippen molar-refractivity contribution >= 4 is 21.6 Å². The van der Waals surface area contributed by atoms with Gasteiger partial charge >= 0.3 is 0 Å². The number of hydrogen-bond acceptors (Lipinski definition) is 2. The molecule has 1 aromatic heterocycles. The number of aromatic nitrogens is 1. The van der Waals surface area contributed by atoms with Crippen LogP contribution in [0.5, 0.6) is 0 Å². The lowest BCUT2D eigenvalue weighted by Crippen LogP contribution is -2.25. The summed E-state index contributed by atoms with van der Waals surface area (Å²) in [7, 11) is -3.36. The molecule has 96 valence electrons. The Morgan fingerprint density at radius 3 is 2.76 bits per heavy atom. The Labute approximate surface area is 107 Å². The molecule has 0 radical (unpaired) electrons. The topological polar surface area (TPSA) is 51.1 Å². The summed E-state index contributed by atoms with van der Waals surface area (Å²) in [5, 5.41) is 0. The molecule has 0 aromatic carbocycles. The van der Waals surface area contributed by atoms with E-state index in [1.165, 1.54) is 0 Å². The first-order valence-corrected chi connectivity index (χ1v) is 7.86. The quantitative estimate of drug-likeness (QED) is 0.809. The van der Waals surface area contributed by atoms with Crippen LogP contribution in [-0.2, 0) is 22.4 Å². The van der Waals surface area contributed by atoms with Crippen molar-refractivity contribution in [1.82, 2.24) is 9.29 Å². The predicted octanol–water partition coefficient (Wildman–Crippen LogP) is 2.08. The zero-order valence-electron chi connectivity index (χ0n) is 9.82. The van der Waals surface area contributed by atoms with E-state index >= 15 is 0 Å². The van der Waals surface area contributed by atoms with Gasteiger partial charge in [-0.05, 0) is 25.3 Å². The second-order valence-corrected chi connectivity index (χ2v) is 6.37. The molecule has 0 unspecified atom stereocenters. The fourth-order valence-corrected chi connectivity index (χ4v) is 3.32. The Morgan fingerprint density at radius 1 is 1.53 bits per heavy atom. The lowest BCUT2D eigenvalue weighted by molar-refractivity contribution is 0.580. The van der Waals surface area contributed by atoms with E-state index in [4.69, 9.17) is 11.6 Å². The summed E-state index contributed by atoms with van der Waals surface area (Å²) >= 11 is 5.81. The van der Waals surface area contributed by atoms with Crippen molar-refractivity contribution in [3.8, 4) is 0 Å². The standard InChI is InChI=1S/C11H17ClN2O2S/c1-2-5-14-8-11(6-10(14)7-12)17(15,16)13-9-3-4-9/h6,8-9,13H,2-5,7H2,1H3. The first kappa shape index (κ1) is 12.9. The fourth-order valence-electron chi connectivity index (χ4n) is 1.72. The van der Waals surface area contributed by atoms with Gasteiger partial charge in [0.25, 0.3) is 0 Å². The highest BCUT2D eigenvalue weighted by molar-refractivity contribution is 7.89. The Balaban J connectivity index is 2.25. The van der Waals surface area contributed by atoms with Gasteiger partial charge in [-0.1, -0.05) is 6.92 Å². The second kappa shape index (κ2) is 5.00. The highest BCUT2D eigenvalue weighted by atomic mass is 35.5. The third-order valence-corrected chi connectivity index (χ3v) is 4.53. The molecular formula is C11H17ClN2O2S. The normalized spacial score (nSPS) is 16.4. The number of nitrogens with zero attached hydrogens (tertiary/aromatic N) is 1. The van der Waals surface area contributed by atoms with Crippen molar-refractivity contribution in [3.05, 3.63) is 18.0 Å². The molecule has 0 aliphatic heterocycles. The van der Waals surface area contributed by atoms with Crippen molar-refractivity contribution in [2.45, 2.75) is 49.5 Å². The van der Waals surface area contributed by atoms with Crippen molar-refractivity contribution < 1.29 is 8.42 Å². The van der Waals surface area contributed by atoms with E-state index in [0.29, 0.717) is 10.8 Å². The second-order valence-electron chi connectivity index (χ2n) is 4.39. The molecule has 1 fully saturated rings. The van der Waals surface area contributed by atoms with Crippen molar-refractivity contribution in [2.24, 2.45) is 0 Å². The molecule has 1 saturated carbocycles. The highest BCUT2D eigenvalue weighted by Gasteiger charge is 2.28. The maximum absolute atomic E-state index is 12.0. The average Bonchev–Trinajstić information content (AvgIpc) is 2.96. The molecule has 1 aromatic rings. The summed E-state index contributed by atoms with van der Waals surface area (Å²) in [5.41, 5.74) is 0.852. The van der Waals surface area contributed by atoms with Crippen LogP contribution in [0.25, 0.3) is 0 Å². The Bertz CT molecular complexity index is 492. The number of hydrogen-bond donors (Lipinski definition) is 1. The Hall–Kier alpha value is -0.520. The van der Waals surface area contributed by atoms with Gasteiger partial charge in [0.1, 0.15) is 0 Å². The van der Waals surface area contributed by atoms with Crippen LogP contribution in [-0.4, -0.2) is 19.0 Å². The van der Waals surface area contributed by atoms with Gasteiger partial charge in [0.05, 0.1) is 10.8 Å². The minimum absolute atomic E-state index is 0.133. The Morgan fingerprint density at radius 2 is 2.24 bits per heavy atom. The van der Waals surface area contributed by atoms with Gasteiger partial charge < -0.3 is 4.57 Å². The molecule has 1 aliphatic rings. The monoisotopic (exact) mass is 276 g/mol. The van der Waals surface area contributed by atoms with Crippen LogP contribution in [0.1, 0.15) is 31.9 Å². The van der Waals surface area contributed by atoms with Crippen LogP contribution in [0.2, 0.25) is 0 Å². The zero-order valence-corrected chi connectivity index (χ0v) is 11.4. The lowest BCUT2D eigenvalue weighted by atomic mass is 10.4. The number of halogens is 1. The number of sulfonamides is 1. The molecule has 0 atom stereocenters. The molecule has 1 aliphatic carbocycles. The van der Waals surface area contributed by atoms with E-state index in [1.54, 1.807) is 12.3 Å². The highest BCUT2D eigenvalue weighted by Crippen LogP contribution is 2.23. The first-order valence-electron chi connectivity index (χ1n) is 5.84. The number of nitrogens with one attached hydrogen (secondary N) is 1. The van der Waals surface area contributed by atoms with Crippen molar-refractivity contribution in [2.75, 3.05) is 0 Å². The van der Waals surface area contributed by atoms with E-state index in [1.807, 2.05) is 4.57 Å². The summed E-state index contributed by atoms with van der Waals surface area (Å²) in [4.78, 5) is 0.327. The van der Waals surface area contributed by atoms with Gasteiger partial charge in [-0.3, -0.25) is 0 Å². The fraction of sp³-hybridized carbons (Fsp3) is 0.636. The molecule has 0 bridgehead atoms. The summed E-state index contributed by atoms with van der Waals surface area (Å²) < 4.78 is 28.6. The first-order chi connectivity index (χ1) is 8.06. The molecule has 1 N–H and O–H groups in total. The molecule has 0 spiro atoms. The van der Waals surface area contributed by atoms with Gasteiger partial charge in [0.2, 0.25) is 10.0 Å². The van der Waals surface area contributed by atoms with Crippen LogP contribution in [0.4, 0.5) is 0 Å². The molecular weight excluding hydrogens is 260 g/mol. The van der Waals surface area contributed by atoms with Crippen LogP contribution in [0.15, 0.2) is 17.2 Å². The SMILES string of the molecule is CCCn1cc(S(=O)(=O)NC2CC2)cc1CCl. The molecule has 17 heavy (non-hydrogen) atoms. The zero-order chi connectivity index (χ0) is 12.5. The molecule has 0 amide bonds. The summed E-state index contributed by atoms with van der Waals surface area (Å²) in [5.74, 6) is 0.332. The number of aryl methyl sites for hydroxylation is 1. The van der Waals surface area contributed by atoms with Gasteiger partial charge in [0, 0.05) is 24.5 Å².